The largest absolute Gasteiger partial charge is 0.309 e. The van der Waals surface area contributed by atoms with Gasteiger partial charge in [0.25, 0.3) is 0 Å². The van der Waals surface area contributed by atoms with Crippen LogP contribution in [0.1, 0.15) is 43.5 Å². The molecule has 0 saturated heterocycles. The van der Waals surface area contributed by atoms with Crippen molar-refractivity contribution in [2.24, 2.45) is 0 Å². The molecule has 0 N–H and O–H groups in total. The van der Waals surface area contributed by atoms with E-state index in [9.17, 15) is 0 Å². The maximum absolute atomic E-state index is 2.56. The van der Waals surface area contributed by atoms with E-state index in [4.69, 9.17) is 0 Å². The Labute approximate surface area is 347 Å². The summed E-state index contributed by atoms with van der Waals surface area (Å²) in [6.45, 7) is 4.00. The zero-order chi connectivity index (χ0) is 39.7. The molecule has 0 bridgehead atoms. The number of para-hydroxylation sites is 2. The van der Waals surface area contributed by atoms with E-state index in [1.54, 1.807) is 0 Å². The van der Waals surface area contributed by atoms with Gasteiger partial charge in [-0.1, -0.05) is 166 Å². The first-order valence-corrected chi connectivity index (χ1v) is 21.1. The number of allylic oxidation sites excluding steroid dienone is 1. The standard InChI is InChI=1S/C55H40N2.C2H6/c1-4-16-38(17-5-1)41-28-31-45(32-29-41)56-52-26-14-13-24-49(52)51-37-42(30-33-54(51)56)47-22-10-11-25-50-48-23-12-15-27-53(48)57(55(47)50)46-35-43(39-18-6-2-7-19-39)34-44(36-46)40-20-8-3-9-21-40;1-2/h1-9,12-24,26-37H,10-11,25H2;1-2H3. The van der Waals surface area contributed by atoms with E-state index in [1.807, 2.05) is 13.8 Å². The summed E-state index contributed by atoms with van der Waals surface area (Å²) < 4.78 is 4.98. The first-order chi connectivity index (χ1) is 29.3. The van der Waals surface area contributed by atoms with Crippen molar-refractivity contribution in [1.82, 2.24) is 9.13 Å². The minimum Gasteiger partial charge on any atom is -0.309 e. The van der Waals surface area contributed by atoms with Gasteiger partial charge in [-0.25, -0.2) is 0 Å². The van der Waals surface area contributed by atoms with Gasteiger partial charge in [-0.15, -0.1) is 0 Å². The zero-order valence-corrected chi connectivity index (χ0v) is 33.6. The van der Waals surface area contributed by atoms with Crippen LogP contribution in [0.15, 0.2) is 206 Å². The second kappa shape index (κ2) is 15.6. The monoisotopic (exact) mass is 758 g/mol. The summed E-state index contributed by atoms with van der Waals surface area (Å²) in [7, 11) is 0. The van der Waals surface area contributed by atoms with E-state index in [2.05, 4.69) is 215 Å². The first kappa shape index (κ1) is 36.2. The zero-order valence-electron chi connectivity index (χ0n) is 33.6. The molecule has 0 amide bonds. The Bertz CT molecular complexity index is 3050. The molecular weight excluding hydrogens is 713 g/mol. The van der Waals surface area contributed by atoms with Gasteiger partial charge in [0.15, 0.2) is 0 Å². The van der Waals surface area contributed by atoms with E-state index in [0.717, 1.165) is 24.9 Å². The van der Waals surface area contributed by atoms with Crippen LogP contribution in [0, 0.1) is 0 Å². The van der Waals surface area contributed by atoms with Crippen LogP contribution < -0.4 is 0 Å². The Morgan fingerprint density at radius 3 is 1.47 bits per heavy atom. The highest BCUT2D eigenvalue weighted by molar-refractivity contribution is 6.10. The SMILES string of the molecule is C1=C(c2ccc3c(c2)c2ccccc2n3-c2ccc(-c3ccccc3)cc2)c2c(c3ccccc3n2-c2cc(-c3ccccc3)cc(-c3ccccc3)c2)CCC1.CC. The van der Waals surface area contributed by atoms with Crippen molar-refractivity contribution in [3.05, 3.63) is 223 Å². The molecular formula is C57H46N2. The van der Waals surface area contributed by atoms with Gasteiger partial charge in [0.1, 0.15) is 0 Å². The second-order valence-electron chi connectivity index (χ2n) is 15.2. The lowest BCUT2D eigenvalue weighted by molar-refractivity contribution is 0.854. The minimum absolute atomic E-state index is 1.03. The molecule has 0 aliphatic heterocycles. The Hall–Kier alpha value is -7.16. The normalized spacial score (nSPS) is 12.5. The van der Waals surface area contributed by atoms with Crippen molar-refractivity contribution in [3.8, 4) is 44.8 Å². The third-order valence-electron chi connectivity index (χ3n) is 11.8. The molecule has 11 rings (SSSR count). The average molecular weight is 759 g/mol. The number of aromatic nitrogens is 2. The van der Waals surface area contributed by atoms with Gasteiger partial charge in [0.2, 0.25) is 0 Å². The number of aryl methyl sites for hydroxylation is 1. The average Bonchev–Trinajstić information content (AvgIpc) is 3.73. The van der Waals surface area contributed by atoms with Crippen LogP contribution in [0.2, 0.25) is 0 Å². The van der Waals surface area contributed by atoms with Crippen LogP contribution in [0.25, 0.3) is 83.0 Å². The van der Waals surface area contributed by atoms with Crippen molar-refractivity contribution < 1.29 is 0 Å². The summed E-state index contributed by atoms with van der Waals surface area (Å²) in [6.07, 6.45) is 5.69. The molecule has 1 aliphatic carbocycles. The fourth-order valence-electron chi connectivity index (χ4n) is 9.17. The maximum atomic E-state index is 2.56. The predicted octanol–water partition coefficient (Wildman–Crippen LogP) is 15.5. The number of hydrogen-bond acceptors (Lipinski definition) is 0. The highest BCUT2D eigenvalue weighted by Crippen LogP contribution is 2.43. The fraction of sp³-hybridized carbons (Fsp3) is 0.0877. The fourth-order valence-corrected chi connectivity index (χ4v) is 9.17. The third-order valence-corrected chi connectivity index (χ3v) is 11.8. The van der Waals surface area contributed by atoms with Gasteiger partial charge < -0.3 is 9.13 Å². The van der Waals surface area contributed by atoms with Gasteiger partial charge in [-0.2, -0.15) is 0 Å². The topological polar surface area (TPSA) is 9.86 Å². The lowest BCUT2D eigenvalue weighted by Gasteiger charge is -2.18. The number of rotatable bonds is 6. The summed E-state index contributed by atoms with van der Waals surface area (Å²) in [5.41, 5.74) is 18.6. The Kier molecular flexibility index (Phi) is 9.60. The lowest BCUT2D eigenvalue weighted by atomic mass is 9.96. The molecule has 2 aromatic heterocycles. The number of fused-ring (bicyclic) bond motifs is 6. The summed E-state index contributed by atoms with van der Waals surface area (Å²) in [5, 5.41) is 3.87. The molecule has 0 spiro atoms. The summed E-state index contributed by atoms with van der Waals surface area (Å²) in [4.78, 5) is 0. The first-order valence-electron chi connectivity index (χ1n) is 21.1. The highest BCUT2D eigenvalue weighted by atomic mass is 15.0. The number of nitrogens with zero attached hydrogens (tertiary/aromatic N) is 2. The molecule has 0 unspecified atom stereocenters. The van der Waals surface area contributed by atoms with E-state index < -0.39 is 0 Å². The second-order valence-corrected chi connectivity index (χ2v) is 15.2. The quantitative estimate of drug-likeness (QED) is 0.160. The summed E-state index contributed by atoms with van der Waals surface area (Å²) >= 11 is 0. The Morgan fingerprint density at radius 2 is 0.847 bits per heavy atom. The van der Waals surface area contributed by atoms with E-state index >= 15 is 0 Å². The number of benzene rings is 8. The molecule has 284 valence electrons. The van der Waals surface area contributed by atoms with Crippen LogP contribution in [0.3, 0.4) is 0 Å². The van der Waals surface area contributed by atoms with Gasteiger partial charge in [-0.3, -0.25) is 0 Å². The predicted molar refractivity (Wildman–Crippen MR) is 252 cm³/mol. The van der Waals surface area contributed by atoms with Gasteiger partial charge >= 0.3 is 0 Å². The molecule has 8 aromatic carbocycles. The minimum atomic E-state index is 1.03. The number of hydrogen-bond donors (Lipinski definition) is 0. The van der Waals surface area contributed by atoms with E-state index in [-0.39, 0.29) is 0 Å². The lowest BCUT2D eigenvalue weighted by Crippen LogP contribution is -2.03. The van der Waals surface area contributed by atoms with Crippen molar-refractivity contribution in [3.63, 3.8) is 0 Å². The smallest absolute Gasteiger partial charge is 0.0575 e. The van der Waals surface area contributed by atoms with E-state index in [0.29, 0.717) is 0 Å². The molecule has 59 heavy (non-hydrogen) atoms. The molecule has 0 saturated carbocycles. The Balaban J connectivity index is 0.00000207. The van der Waals surface area contributed by atoms with Crippen molar-refractivity contribution in [2.45, 2.75) is 33.1 Å². The van der Waals surface area contributed by atoms with Crippen LogP contribution in [0.5, 0.6) is 0 Å². The van der Waals surface area contributed by atoms with Crippen molar-refractivity contribution in [1.29, 1.82) is 0 Å². The van der Waals surface area contributed by atoms with Crippen LogP contribution >= 0.6 is 0 Å². The van der Waals surface area contributed by atoms with Crippen LogP contribution in [-0.2, 0) is 6.42 Å². The third kappa shape index (κ3) is 6.48. The summed E-state index contributed by atoms with van der Waals surface area (Å²) in [6, 6.07) is 73.4. The molecule has 2 heteroatoms. The van der Waals surface area contributed by atoms with Crippen LogP contribution in [0.4, 0.5) is 0 Å². The van der Waals surface area contributed by atoms with Gasteiger partial charge in [-0.05, 0) is 118 Å². The molecule has 0 fully saturated rings. The molecule has 1 aliphatic rings. The van der Waals surface area contributed by atoms with Gasteiger partial charge in [0.05, 0.1) is 22.2 Å². The Morgan fingerprint density at radius 1 is 0.356 bits per heavy atom. The van der Waals surface area contributed by atoms with Gasteiger partial charge in [0, 0.05) is 33.1 Å². The molecule has 0 radical (unpaired) electrons. The molecule has 2 nitrogen and oxygen atoms in total. The summed E-state index contributed by atoms with van der Waals surface area (Å²) in [5.74, 6) is 0. The molecule has 0 atom stereocenters. The molecule has 2 heterocycles. The van der Waals surface area contributed by atoms with Crippen LogP contribution in [-0.4, -0.2) is 9.13 Å². The van der Waals surface area contributed by atoms with Crippen molar-refractivity contribution in [2.75, 3.05) is 0 Å². The van der Waals surface area contributed by atoms with E-state index in [1.165, 1.54) is 94.2 Å². The maximum Gasteiger partial charge on any atom is 0.0575 e. The van der Waals surface area contributed by atoms with Crippen molar-refractivity contribution >= 4 is 38.3 Å². The molecule has 10 aromatic rings. The highest BCUT2D eigenvalue weighted by Gasteiger charge is 2.25.